The lowest BCUT2D eigenvalue weighted by atomic mass is 10.1. The van der Waals surface area contributed by atoms with Crippen molar-refractivity contribution in [3.8, 4) is 0 Å². The lowest BCUT2D eigenvalue weighted by Gasteiger charge is -2.13. The Hall–Kier alpha value is -1.98. The molecule has 0 aliphatic carbocycles. The zero-order valence-corrected chi connectivity index (χ0v) is 15.3. The third-order valence-electron chi connectivity index (χ3n) is 3.23. The SMILES string of the molecule is C=CCC/C=C(C)/C(C(N)=O)=C(/NC(=O)c1ccc(Cl)cc1)SC. The third kappa shape index (κ3) is 5.91. The normalized spacial score (nSPS) is 12.4. The first-order chi connectivity index (χ1) is 11.4. The van der Waals surface area contributed by atoms with Crippen molar-refractivity contribution in [1.29, 1.82) is 0 Å². The molecule has 0 atom stereocenters. The van der Waals surface area contributed by atoms with Crippen molar-refractivity contribution in [2.45, 2.75) is 19.8 Å². The van der Waals surface area contributed by atoms with Crippen LogP contribution in [0.2, 0.25) is 5.02 Å². The quantitative estimate of drug-likeness (QED) is 0.316. The molecule has 1 aromatic carbocycles. The van der Waals surface area contributed by atoms with Gasteiger partial charge in [-0.1, -0.05) is 23.8 Å². The zero-order valence-electron chi connectivity index (χ0n) is 13.8. The number of amides is 2. The van der Waals surface area contributed by atoms with Crippen LogP contribution in [0.4, 0.5) is 0 Å². The Morgan fingerprint density at radius 1 is 1.29 bits per heavy atom. The molecule has 0 aliphatic heterocycles. The average Bonchev–Trinajstić information content (AvgIpc) is 2.54. The van der Waals surface area contributed by atoms with Crippen LogP contribution in [0.5, 0.6) is 0 Å². The Morgan fingerprint density at radius 2 is 1.92 bits per heavy atom. The molecule has 1 rings (SSSR count). The van der Waals surface area contributed by atoms with E-state index in [1.54, 1.807) is 43.5 Å². The van der Waals surface area contributed by atoms with E-state index in [-0.39, 0.29) is 5.91 Å². The smallest absolute Gasteiger partial charge is 0.256 e. The molecule has 1 aromatic rings. The second kappa shape index (κ2) is 10.0. The van der Waals surface area contributed by atoms with E-state index in [0.29, 0.717) is 21.2 Å². The van der Waals surface area contributed by atoms with E-state index in [9.17, 15) is 9.59 Å². The van der Waals surface area contributed by atoms with Gasteiger partial charge in [0, 0.05) is 10.6 Å². The maximum Gasteiger partial charge on any atom is 0.256 e. The number of thioether (sulfide) groups is 1. The Morgan fingerprint density at radius 3 is 2.42 bits per heavy atom. The van der Waals surface area contributed by atoms with Crippen LogP contribution >= 0.6 is 23.4 Å². The van der Waals surface area contributed by atoms with Gasteiger partial charge in [-0.25, -0.2) is 0 Å². The number of hydrogen-bond acceptors (Lipinski definition) is 3. The first-order valence-electron chi connectivity index (χ1n) is 7.33. The van der Waals surface area contributed by atoms with E-state index in [0.717, 1.165) is 18.4 Å². The van der Waals surface area contributed by atoms with Crippen LogP contribution in [0, 0.1) is 0 Å². The van der Waals surface area contributed by atoms with Gasteiger partial charge in [-0.05, 0) is 55.9 Å². The summed E-state index contributed by atoms with van der Waals surface area (Å²) in [5.41, 5.74) is 7.00. The monoisotopic (exact) mass is 364 g/mol. The van der Waals surface area contributed by atoms with Gasteiger partial charge in [0.1, 0.15) is 0 Å². The van der Waals surface area contributed by atoms with E-state index in [1.807, 2.05) is 6.08 Å². The van der Waals surface area contributed by atoms with Gasteiger partial charge in [-0.15, -0.1) is 18.3 Å². The van der Waals surface area contributed by atoms with Crippen LogP contribution in [0.25, 0.3) is 0 Å². The molecular weight excluding hydrogens is 344 g/mol. The highest BCUT2D eigenvalue weighted by Gasteiger charge is 2.17. The predicted molar refractivity (Wildman–Crippen MR) is 102 cm³/mol. The third-order valence-corrected chi connectivity index (χ3v) is 4.19. The van der Waals surface area contributed by atoms with Gasteiger partial charge in [-0.2, -0.15) is 0 Å². The van der Waals surface area contributed by atoms with Gasteiger partial charge >= 0.3 is 0 Å². The number of primary amides is 1. The Labute approximate surface area is 151 Å². The molecule has 2 amide bonds. The molecule has 0 heterocycles. The fourth-order valence-corrected chi connectivity index (χ4v) is 2.78. The second-order valence-electron chi connectivity index (χ2n) is 4.99. The van der Waals surface area contributed by atoms with Gasteiger partial charge in [0.25, 0.3) is 11.8 Å². The van der Waals surface area contributed by atoms with Gasteiger partial charge in [0.15, 0.2) is 0 Å². The molecule has 4 nitrogen and oxygen atoms in total. The van der Waals surface area contributed by atoms with Gasteiger partial charge in [0.05, 0.1) is 10.6 Å². The van der Waals surface area contributed by atoms with Crippen LogP contribution in [-0.4, -0.2) is 18.1 Å². The molecule has 0 spiro atoms. The molecule has 0 radical (unpaired) electrons. The number of rotatable bonds is 8. The highest BCUT2D eigenvalue weighted by molar-refractivity contribution is 8.02. The topological polar surface area (TPSA) is 72.2 Å². The number of benzene rings is 1. The number of carbonyl (C=O) groups is 2. The van der Waals surface area contributed by atoms with Crippen LogP contribution in [-0.2, 0) is 4.79 Å². The number of halogens is 1. The van der Waals surface area contributed by atoms with Gasteiger partial charge < -0.3 is 11.1 Å². The van der Waals surface area contributed by atoms with E-state index < -0.39 is 5.91 Å². The maximum atomic E-state index is 12.3. The van der Waals surface area contributed by atoms with Crippen molar-refractivity contribution in [3.63, 3.8) is 0 Å². The molecular formula is C18H21ClN2O2S. The number of nitrogens with two attached hydrogens (primary N) is 1. The molecule has 128 valence electrons. The lowest BCUT2D eigenvalue weighted by Crippen LogP contribution is -2.26. The minimum atomic E-state index is -0.580. The molecule has 0 unspecified atom stereocenters. The molecule has 6 heteroatoms. The Bertz CT molecular complexity index is 679. The number of hydrogen-bond donors (Lipinski definition) is 2. The molecule has 0 saturated carbocycles. The number of allylic oxidation sites excluding steroid dienone is 2. The van der Waals surface area contributed by atoms with Gasteiger partial charge in [0.2, 0.25) is 0 Å². The first kappa shape index (κ1) is 20.1. The van der Waals surface area contributed by atoms with Crippen molar-refractivity contribution < 1.29 is 9.59 Å². The maximum absolute atomic E-state index is 12.3. The number of nitrogens with one attached hydrogen (secondary N) is 1. The molecule has 0 aliphatic rings. The average molecular weight is 365 g/mol. The largest absolute Gasteiger partial charge is 0.366 e. The van der Waals surface area contributed by atoms with Crippen molar-refractivity contribution in [1.82, 2.24) is 5.32 Å². The van der Waals surface area contributed by atoms with Crippen molar-refractivity contribution >= 4 is 35.2 Å². The van der Waals surface area contributed by atoms with Crippen LogP contribution in [0.3, 0.4) is 0 Å². The summed E-state index contributed by atoms with van der Waals surface area (Å²) in [6.45, 7) is 5.46. The van der Waals surface area contributed by atoms with Crippen molar-refractivity contribution in [2.75, 3.05) is 6.26 Å². The Kier molecular flexibility index (Phi) is 8.36. The summed E-state index contributed by atoms with van der Waals surface area (Å²) in [5, 5.41) is 3.73. The molecule has 0 saturated heterocycles. The fraction of sp³-hybridized carbons (Fsp3) is 0.222. The zero-order chi connectivity index (χ0) is 18.1. The van der Waals surface area contributed by atoms with E-state index in [1.165, 1.54) is 11.8 Å². The summed E-state index contributed by atoms with van der Waals surface area (Å²) in [7, 11) is 0. The van der Waals surface area contributed by atoms with Crippen molar-refractivity contribution in [2.24, 2.45) is 5.73 Å². The first-order valence-corrected chi connectivity index (χ1v) is 8.94. The van der Waals surface area contributed by atoms with Crippen LogP contribution in [0.15, 0.2) is 59.2 Å². The van der Waals surface area contributed by atoms with Gasteiger partial charge in [-0.3, -0.25) is 9.59 Å². The van der Waals surface area contributed by atoms with Crippen LogP contribution in [0.1, 0.15) is 30.1 Å². The summed E-state index contributed by atoms with van der Waals surface area (Å²) in [5.74, 6) is -0.906. The van der Waals surface area contributed by atoms with Crippen molar-refractivity contribution in [3.05, 3.63) is 69.8 Å². The number of unbranched alkanes of at least 4 members (excludes halogenated alkanes) is 1. The minimum absolute atomic E-state index is 0.314. The standard InChI is InChI=1S/C18H21ClN2O2S/c1-4-5-6-7-12(2)15(16(20)22)18(24-3)21-17(23)13-8-10-14(19)11-9-13/h4,7-11H,1,5-6H2,2-3H3,(H2,20,22)(H,21,23)/b12-7+,18-15+. The van der Waals surface area contributed by atoms with Crippen LogP contribution < -0.4 is 11.1 Å². The summed E-state index contributed by atoms with van der Waals surface area (Å²) in [6.07, 6.45) is 7.03. The summed E-state index contributed by atoms with van der Waals surface area (Å²) in [4.78, 5) is 24.2. The van der Waals surface area contributed by atoms with E-state index >= 15 is 0 Å². The fourth-order valence-electron chi connectivity index (χ4n) is 2.00. The summed E-state index contributed by atoms with van der Waals surface area (Å²) in [6, 6.07) is 6.50. The molecule has 24 heavy (non-hydrogen) atoms. The summed E-state index contributed by atoms with van der Waals surface area (Å²) >= 11 is 7.08. The lowest BCUT2D eigenvalue weighted by molar-refractivity contribution is -0.114. The second-order valence-corrected chi connectivity index (χ2v) is 6.24. The molecule has 0 fully saturated rings. The van der Waals surface area contributed by atoms with E-state index in [2.05, 4.69) is 11.9 Å². The molecule has 0 bridgehead atoms. The highest BCUT2D eigenvalue weighted by Crippen LogP contribution is 2.22. The highest BCUT2D eigenvalue weighted by atomic mass is 35.5. The number of carbonyl (C=O) groups excluding carboxylic acids is 2. The van der Waals surface area contributed by atoms with E-state index in [4.69, 9.17) is 17.3 Å². The molecule has 0 aromatic heterocycles. The summed E-state index contributed by atoms with van der Waals surface area (Å²) < 4.78 is 0. The molecule has 3 N–H and O–H groups in total. The predicted octanol–water partition coefficient (Wildman–Crippen LogP) is 4.04. The Balaban J connectivity index is 3.11. The minimum Gasteiger partial charge on any atom is -0.366 e.